The Labute approximate surface area is 297 Å². The average Bonchev–Trinajstić information content (AvgIpc) is 3.65. The topological polar surface area (TPSA) is 32.1 Å². The summed E-state index contributed by atoms with van der Waals surface area (Å²) in [6.45, 7) is 7.80. The minimum atomic E-state index is -0.769. The van der Waals surface area contributed by atoms with Gasteiger partial charge in [0.1, 0.15) is 5.60 Å². The maximum Gasteiger partial charge on any atom is 0.331 e. The Bertz CT molecular complexity index is 2960. The highest BCUT2D eigenvalue weighted by atomic mass is 16.5. The molecule has 0 atom stereocenters. The molecule has 10 aromatic carbocycles. The van der Waals surface area contributed by atoms with Gasteiger partial charge in [0, 0.05) is 13.8 Å². The minimum Gasteiger partial charge on any atom is -0.439 e. The van der Waals surface area contributed by atoms with E-state index in [4.69, 9.17) is 9.76 Å². The number of hydrogen-bond acceptors (Lipinski definition) is 1. The average molecular weight is 657 g/mol. The van der Waals surface area contributed by atoms with Crippen molar-refractivity contribution in [3.8, 4) is 22.3 Å². The third kappa shape index (κ3) is 4.26. The van der Waals surface area contributed by atoms with Crippen LogP contribution in [0.3, 0.4) is 0 Å². The standard InChI is InChI=1S/C48H36BO2/c1-47(2,50)48(3,4)51-49-39-26-25-36-43-33(39)22-14-24-35(43)46-41(29-17-9-6-10-18-29)44-34-23-13-21-32-30-19-11-12-20-31(30)37(42(32)34)27-38(44)40(45(36)46)28-15-7-5-8-16-28/h5-27,50H,1-4H3/p+1. The zero-order valence-corrected chi connectivity index (χ0v) is 29.3. The van der Waals surface area contributed by atoms with Crippen LogP contribution in [-0.4, -0.2) is 23.8 Å². The van der Waals surface area contributed by atoms with Crippen molar-refractivity contribution in [2.75, 3.05) is 0 Å². The van der Waals surface area contributed by atoms with Gasteiger partial charge >= 0.3 is 7.48 Å². The lowest BCUT2D eigenvalue weighted by molar-refractivity contribution is -0.0893. The molecule has 0 heterocycles. The normalized spacial score (nSPS) is 12.9. The van der Waals surface area contributed by atoms with Crippen molar-refractivity contribution in [2.24, 2.45) is 0 Å². The molecule has 0 unspecified atom stereocenters. The molecule has 10 aromatic rings. The second-order valence-corrected chi connectivity index (χ2v) is 15.2. The SMILES string of the molecule is CC(C)([OH2+])C(C)(C)O[B]c1ccc2c3c(-c4ccccc4)c4cc5c6ccccc6c6cccc(c4c(-c4ccccc4)c3c3cccc1c23)c65. The summed E-state index contributed by atoms with van der Waals surface area (Å²) in [6.07, 6.45) is 0. The number of benzene rings is 8. The molecule has 0 saturated carbocycles. The smallest absolute Gasteiger partial charge is 0.331 e. The zero-order valence-electron chi connectivity index (χ0n) is 29.3. The van der Waals surface area contributed by atoms with Gasteiger partial charge in [0.05, 0.1) is 0 Å². The third-order valence-electron chi connectivity index (χ3n) is 11.7. The summed E-state index contributed by atoms with van der Waals surface area (Å²) >= 11 is 0. The summed E-state index contributed by atoms with van der Waals surface area (Å²) in [6, 6.07) is 51.4. The molecule has 0 amide bonds. The molecular formula is C48H37BO2+. The highest BCUT2D eigenvalue weighted by Crippen LogP contribution is 2.54. The predicted molar refractivity (Wildman–Crippen MR) is 220 cm³/mol. The number of rotatable bonds is 6. The second-order valence-electron chi connectivity index (χ2n) is 15.2. The molecule has 2 N–H and O–H groups in total. The van der Waals surface area contributed by atoms with Crippen LogP contribution in [-0.2, 0) is 4.65 Å². The maximum absolute atomic E-state index is 8.70. The van der Waals surface area contributed by atoms with E-state index in [2.05, 4.69) is 140 Å². The molecule has 243 valence electrons. The van der Waals surface area contributed by atoms with Crippen molar-refractivity contribution < 1.29 is 9.76 Å². The molecule has 0 aliphatic carbocycles. The number of fused-ring (bicyclic) bond motifs is 8. The van der Waals surface area contributed by atoms with Gasteiger partial charge in [-0.1, -0.05) is 133 Å². The fourth-order valence-corrected chi connectivity index (χ4v) is 8.49. The van der Waals surface area contributed by atoms with Gasteiger partial charge in [-0.15, -0.1) is 0 Å². The fourth-order valence-electron chi connectivity index (χ4n) is 8.49. The van der Waals surface area contributed by atoms with Crippen LogP contribution in [0.15, 0.2) is 140 Å². The van der Waals surface area contributed by atoms with Crippen molar-refractivity contribution in [3.63, 3.8) is 0 Å². The van der Waals surface area contributed by atoms with Crippen LogP contribution in [0.25, 0.3) is 97.7 Å². The summed E-state index contributed by atoms with van der Waals surface area (Å²) in [5.41, 5.74) is 4.57. The maximum atomic E-state index is 8.70. The third-order valence-corrected chi connectivity index (χ3v) is 11.7. The molecule has 0 fully saturated rings. The van der Waals surface area contributed by atoms with Gasteiger partial charge in [0.25, 0.3) is 0 Å². The van der Waals surface area contributed by atoms with Gasteiger partial charge in [0.15, 0.2) is 5.60 Å². The van der Waals surface area contributed by atoms with E-state index in [9.17, 15) is 0 Å². The van der Waals surface area contributed by atoms with E-state index < -0.39 is 11.2 Å². The van der Waals surface area contributed by atoms with Gasteiger partial charge < -0.3 is 9.76 Å². The van der Waals surface area contributed by atoms with Gasteiger partial charge in [-0.2, -0.15) is 0 Å². The Morgan fingerprint density at radius 2 is 0.902 bits per heavy atom. The largest absolute Gasteiger partial charge is 0.439 e. The molecule has 10 rings (SSSR count). The Hall–Kier alpha value is -5.48. The van der Waals surface area contributed by atoms with Crippen LogP contribution in [0.5, 0.6) is 0 Å². The minimum absolute atomic E-state index is 0.668. The molecule has 2 nitrogen and oxygen atoms in total. The Morgan fingerprint density at radius 1 is 0.412 bits per heavy atom. The predicted octanol–water partition coefficient (Wildman–Crippen LogP) is 11.5. The summed E-state index contributed by atoms with van der Waals surface area (Å²) in [5, 5.41) is 26.6. The van der Waals surface area contributed by atoms with Crippen LogP contribution in [0.2, 0.25) is 0 Å². The second kappa shape index (κ2) is 10.8. The first-order chi connectivity index (χ1) is 24.7. The van der Waals surface area contributed by atoms with Crippen molar-refractivity contribution >= 4 is 88.4 Å². The lowest BCUT2D eigenvalue weighted by Gasteiger charge is -2.33. The van der Waals surface area contributed by atoms with Crippen LogP contribution < -0.4 is 5.46 Å². The monoisotopic (exact) mass is 656 g/mol. The Morgan fingerprint density at radius 3 is 1.57 bits per heavy atom. The first-order valence-corrected chi connectivity index (χ1v) is 17.9. The summed E-state index contributed by atoms with van der Waals surface area (Å²) in [5.74, 6) is 0. The highest BCUT2D eigenvalue weighted by Gasteiger charge is 2.40. The molecule has 0 bridgehead atoms. The van der Waals surface area contributed by atoms with E-state index >= 15 is 0 Å². The van der Waals surface area contributed by atoms with Gasteiger partial charge in [-0.3, -0.25) is 0 Å². The number of hydrogen-bond donors (Lipinski definition) is 0. The molecule has 0 aliphatic heterocycles. The first kappa shape index (κ1) is 30.4. The molecular weight excluding hydrogens is 619 g/mol. The van der Waals surface area contributed by atoms with Crippen LogP contribution in [0.1, 0.15) is 27.7 Å². The zero-order chi connectivity index (χ0) is 34.6. The van der Waals surface area contributed by atoms with E-state index in [1.807, 2.05) is 35.2 Å². The van der Waals surface area contributed by atoms with Crippen LogP contribution in [0, 0.1) is 0 Å². The lowest BCUT2D eigenvalue weighted by Crippen LogP contribution is -2.49. The van der Waals surface area contributed by atoms with Gasteiger partial charge in [-0.05, 0) is 123 Å². The van der Waals surface area contributed by atoms with E-state index in [1.165, 1.54) is 92.3 Å². The van der Waals surface area contributed by atoms with Gasteiger partial charge in [-0.25, -0.2) is 0 Å². The van der Waals surface area contributed by atoms with E-state index in [0.29, 0.717) is 0 Å². The molecule has 0 saturated heterocycles. The molecule has 51 heavy (non-hydrogen) atoms. The summed E-state index contributed by atoms with van der Waals surface area (Å²) in [4.78, 5) is 0. The highest BCUT2D eigenvalue weighted by molar-refractivity contribution is 6.54. The molecule has 3 heteroatoms. The van der Waals surface area contributed by atoms with E-state index in [1.54, 1.807) is 0 Å². The van der Waals surface area contributed by atoms with Crippen molar-refractivity contribution in [1.82, 2.24) is 0 Å². The van der Waals surface area contributed by atoms with Crippen molar-refractivity contribution in [2.45, 2.75) is 38.9 Å². The molecule has 1 radical (unpaired) electrons. The van der Waals surface area contributed by atoms with Crippen LogP contribution in [0.4, 0.5) is 0 Å². The van der Waals surface area contributed by atoms with E-state index in [-0.39, 0.29) is 0 Å². The van der Waals surface area contributed by atoms with Gasteiger partial charge in [0.2, 0.25) is 0 Å². The molecule has 0 spiro atoms. The first-order valence-electron chi connectivity index (χ1n) is 17.9. The Balaban J connectivity index is 1.44. The fraction of sp³-hybridized carbons (Fsp3) is 0.125. The van der Waals surface area contributed by atoms with E-state index in [0.717, 1.165) is 10.8 Å². The summed E-state index contributed by atoms with van der Waals surface area (Å²) < 4.78 is 6.41. The van der Waals surface area contributed by atoms with Crippen molar-refractivity contribution in [1.29, 1.82) is 0 Å². The quantitative estimate of drug-likeness (QED) is 0.0996. The lowest BCUT2D eigenvalue weighted by atomic mass is 9.80. The molecule has 0 aromatic heterocycles. The van der Waals surface area contributed by atoms with Crippen molar-refractivity contribution in [3.05, 3.63) is 140 Å². The Kier molecular flexibility index (Phi) is 6.41. The molecule has 0 aliphatic rings. The van der Waals surface area contributed by atoms with Crippen LogP contribution >= 0.6 is 0 Å². The summed E-state index contributed by atoms with van der Waals surface area (Å²) in [7, 11) is 1.87.